The van der Waals surface area contributed by atoms with Crippen LogP contribution in [0.5, 0.6) is 5.75 Å². The van der Waals surface area contributed by atoms with Gasteiger partial charge >= 0.3 is 0 Å². The third-order valence-electron chi connectivity index (χ3n) is 3.14. The second kappa shape index (κ2) is 7.25. The lowest BCUT2D eigenvalue weighted by Crippen LogP contribution is -2.25. The zero-order chi connectivity index (χ0) is 14.5. The van der Waals surface area contributed by atoms with Crippen molar-refractivity contribution < 1.29 is 4.74 Å². The van der Waals surface area contributed by atoms with Crippen molar-refractivity contribution in [3.05, 3.63) is 62.5 Å². The molecule has 4 heteroatoms. The van der Waals surface area contributed by atoms with Crippen LogP contribution in [0, 0.1) is 0 Å². The van der Waals surface area contributed by atoms with Crippen LogP contribution in [0.15, 0.2) is 51.4 Å². The molecule has 2 aromatic carbocycles. The number of ether oxygens (including phenoxy) is 1. The van der Waals surface area contributed by atoms with Crippen LogP contribution in [-0.4, -0.2) is 13.2 Å². The van der Waals surface area contributed by atoms with E-state index in [-0.39, 0.29) is 6.04 Å². The lowest BCUT2D eigenvalue weighted by Gasteiger charge is -2.15. The Hall–Kier alpha value is -0.840. The van der Waals surface area contributed by atoms with Gasteiger partial charge < -0.3 is 10.5 Å². The van der Waals surface area contributed by atoms with Gasteiger partial charge in [-0.05, 0) is 54.3 Å². The summed E-state index contributed by atoms with van der Waals surface area (Å²) < 4.78 is 7.52. The van der Waals surface area contributed by atoms with E-state index in [1.54, 1.807) is 7.11 Å². The maximum atomic E-state index is 6.27. The molecular weight excluding hydrogens is 382 g/mol. The Bertz CT molecular complexity index is 569. The summed E-state index contributed by atoms with van der Waals surface area (Å²) in [6.07, 6.45) is 1.64. The van der Waals surface area contributed by atoms with Crippen LogP contribution >= 0.6 is 31.9 Å². The first-order valence-corrected chi connectivity index (χ1v) is 7.99. The molecule has 1 unspecified atom stereocenters. The first kappa shape index (κ1) is 15.5. The Morgan fingerprint density at radius 1 is 1.00 bits per heavy atom. The normalized spacial score (nSPS) is 12.2. The van der Waals surface area contributed by atoms with Gasteiger partial charge in [0.2, 0.25) is 0 Å². The van der Waals surface area contributed by atoms with E-state index in [2.05, 4.69) is 50.1 Å². The Kier molecular flexibility index (Phi) is 5.64. The fourth-order valence-electron chi connectivity index (χ4n) is 2.18. The molecule has 0 radical (unpaired) electrons. The summed E-state index contributed by atoms with van der Waals surface area (Å²) in [5, 5.41) is 0. The third-order valence-corrected chi connectivity index (χ3v) is 4.16. The molecule has 2 rings (SSSR count). The zero-order valence-corrected chi connectivity index (χ0v) is 14.4. The van der Waals surface area contributed by atoms with Crippen molar-refractivity contribution in [1.82, 2.24) is 0 Å². The van der Waals surface area contributed by atoms with Crippen molar-refractivity contribution in [2.75, 3.05) is 7.11 Å². The fraction of sp³-hybridized carbons (Fsp3) is 0.250. The highest BCUT2D eigenvalue weighted by Crippen LogP contribution is 2.24. The zero-order valence-electron chi connectivity index (χ0n) is 11.3. The summed E-state index contributed by atoms with van der Waals surface area (Å²) in [7, 11) is 1.69. The van der Waals surface area contributed by atoms with Crippen LogP contribution < -0.4 is 10.5 Å². The molecule has 0 amide bonds. The summed E-state index contributed by atoms with van der Waals surface area (Å²) in [6.45, 7) is 0. The van der Waals surface area contributed by atoms with Gasteiger partial charge in [0.05, 0.1) is 7.11 Å². The van der Waals surface area contributed by atoms with Gasteiger partial charge in [-0.1, -0.05) is 44.0 Å². The second-order valence-corrected chi connectivity index (χ2v) is 6.58. The first-order valence-electron chi connectivity index (χ1n) is 6.41. The maximum Gasteiger partial charge on any atom is 0.122 e. The van der Waals surface area contributed by atoms with E-state index in [1.807, 2.05) is 24.3 Å². The number of hydrogen-bond acceptors (Lipinski definition) is 2. The first-order chi connectivity index (χ1) is 9.58. The Morgan fingerprint density at radius 3 is 2.30 bits per heavy atom. The van der Waals surface area contributed by atoms with Crippen molar-refractivity contribution >= 4 is 31.9 Å². The van der Waals surface area contributed by atoms with Gasteiger partial charge in [-0.15, -0.1) is 0 Å². The van der Waals surface area contributed by atoms with Crippen molar-refractivity contribution in [3.63, 3.8) is 0 Å². The second-order valence-electron chi connectivity index (χ2n) is 4.75. The van der Waals surface area contributed by atoms with Crippen LogP contribution in [-0.2, 0) is 12.8 Å². The predicted molar refractivity (Wildman–Crippen MR) is 90.2 cm³/mol. The number of nitrogens with two attached hydrogens (primary N) is 1. The molecule has 0 spiro atoms. The summed E-state index contributed by atoms with van der Waals surface area (Å²) in [6, 6.07) is 14.4. The van der Waals surface area contributed by atoms with Crippen molar-refractivity contribution in [1.29, 1.82) is 0 Å². The molecule has 1 atom stereocenters. The van der Waals surface area contributed by atoms with Crippen molar-refractivity contribution in [2.45, 2.75) is 18.9 Å². The van der Waals surface area contributed by atoms with Crippen molar-refractivity contribution in [3.8, 4) is 5.75 Å². The number of rotatable bonds is 5. The number of hydrogen-bond donors (Lipinski definition) is 1. The molecule has 0 aliphatic heterocycles. The molecule has 0 aliphatic carbocycles. The van der Waals surface area contributed by atoms with Gasteiger partial charge in [0, 0.05) is 15.0 Å². The molecule has 0 saturated carbocycles. The third kappa shape index (κ3) is 4.33. The topological polar surface area (TPSA) is 35.2 Å². The summed E-state index contributed by atoms with van der Waals surface area (Å²) in [5.74, 6) is 0.888. The van der Waals surface area contributed by atoms with Gasteiger partial charge in [-0.3, -0.25) is 0 Å². The molecule has 0 bridgehead atoms. The molecule has 20 heavy (non-hydrogen) atoms. The van der Waals surface area contributed by atoms with Gasteiger partial charge in [-0.25, -0.2) is 0 Å². The highest BCUT2D eigenvalue weighted by Gasteiger charge is 2.10. The molecule has 106 valence electrons. The number of benzene rings is 2. The van der Waals surface area contributed by atoms with E-state index < -0.39 is 0 Å². The molecule has 2 aromatic rings. The SMILES string of the molecule is COc1ccc(Br)cc1CC(N)Cc1ccc(Br)cc1. The van der Waals surface area contributed by atoms with Crippen LogP contribution in [0.2, 0.25) is 0 Å². The minimum Gasteiger partial charge on any atom is -0.496 e. The standard InChI is InChI=1S/C16H17Br2NO/c1-20-16-7-6-14(18)9-12(16)10-15(19)8-11-2-4-13(17)5-3-11/h2-7,9,15H,8,10,19H2,1H3. The van der Waals surface area contributed by atoms with Crippen LogP contribution in [0.4, 0.5) is 0 Å². The molecule has 0 aliphatic rings. The lowest BCUT2D eigenvalue weighted by atomic mass is 9.99. The molecule has 2 nitrogen and oxygen atoms in total. The summed E-state index contributed by atoms with van der Waals surface area (Å²) in [4.78, 5) is 0. The van der Waals surface area contributed by atoms with Gasteiger partial charge in [-0.2, -0.15) is 0 Å². The molecule has 2 N–H and O–H groups in total. The number of halogens is 2. The average molecular weight is 399 g/mol. The van der Waals surface area contributed by atoms with E-state index in [0.717, 1.165) is 33.1 Å². The number of methoxy groups -OCH3 is 1. The average Bonchev–Trinajstić information content (AvgIpc) is 2.41. The maximum absolute atomic E-state index is 6.27. The van der Waals surface area contributed by atoms with Crippen LogP contribution in [0.3, 0.4) is 0 Å². The predicted octanol–water partition coefficient (Wildman–Crippen LogP) is 4.33. The minimum atomic E-state index is 0.0689. The van der Waals surface area contributed by atoms with Crippen LogP contribution in [0.1, 0.15) is 11.1 Å². The van der Waals surface area contributed by atoms with E-state index in [4.69, 9.17) is 10.5 Å². The van der Waals surface area contributed by atoms with E-state index >= 15 is 0 Å². The molecule has 0 saturated heterocycles. The highest BCUT2D eigenvalue weighted by molar-refractivity contribution is 9.10. The lowest BCUT2D eigenvalue weighted by molar-refractivity contribution is 0.407. The summed E-state index contributed by atoms with van der Waals surface area (Å²) in [5.41, 5.74) is 8.64. The molecular formula is C16H17Br2NO. The Balaban J connectivity index is 2.05. The quantitative estimate of drug-likeness (QED) is 0.813. The molecule has 0 heterocycles. The van der Waals surface area contributed by atoms with Crippen molar-refractivity contribution in [2.24, 2.45) is 5.73 Å². The smallest absolute Gasteiger partial charge is 0.122 e. The minimum absolute atomic E-state index is 0.0689. The van der Waals surface area contributed by atoms with Crippen LogP contribution in [0.25, 0.3) is 0 Å². The Morgan fingerprint density at radius 2 is 1.65 bits per heavy atom. The van der Waals surface area contributed by atoms with E-state index in [9.17, 15) is 0 Å². The van der Waals surface area contributed by atoms with Gasteiger partial charge in [0.25, 0.3) is 0 Å². The molecule has 0 fully saturated rings. The van der Waals surface area contributed by atoms with Gasteiger partial charge in [0.15, 0.2) is 0 Å². The Labute approximate surface area is 136 Å². The van der Waals surface area contributed by atoms with E-state index in [0.29, 0.717) is 0 Å². The van der Waals surface area contributed by atoms with E-state index in [1.165, 1.54) is 5.56 Å². The van der Waals surface area contributed by atoms with Gasteiger partial charge in [0.1, 0.15) is 5.75 Å². The monoisotopic (exact) mass is 397 g/mol. The fourth-order valence-corrected chi connectivity index (χ4v) is 2.86. The molecule has 0 aromatic heterocycles. The summed E-state index contributed by atoms with van der Waals surface area (Å²) >= 11 is 6.93. The largest absolute Gasteiger partial charge is 0.496 e. The highest BCUT2D eigenvalue weighted by atomic mass is 79.9.